The van der Waals surface area contributed by atoms with Crippen molar-refractivity contribution in [1.82, 2.24) is 4.90 Å². The zero-order valence-electron chi connectivity index (χ0n) is 11.6. The molecule has 3 nitrogen and oxygen atoms in total. The van der Waals surface area contributed by atoms with Gasteiger partial charge in [0.15, 0.2) is 0 Å². The first-order chi connectivity index (χ1) is 9.01. The second kappa shape index (κ2) is 5.61. The molecule has 0 aliphatic carbocycles. The molecule has 0 aliphatic heterocycles. The first-order valence-electron chi connectivity index (χ1n) is 6.55. The van der Waals surface area contributed by atoms with Gasteiger partial charge < -0.3 is 10.6 Å². The third-order valence-electron chi connectivity index (χ3n) is 3.38. The van der Waals surface area contributed by atoms with Crippen LogP contribution >= 0.6 is 11.3 Å². The van der Waals surface area contributed by atoms with E-state index in [-0.39, 0.29) is 5.91 Å². The quantitative estimate of drug-likeness (QED) is 0.867. The lowest BCUT2D eigenvalue weighted by Crippen LogP contribution is -2.30. The zero-order valence-corrected chi connectivity index (χ0v) is 12.5. The molecule has 0 fully saturated rings. The van der Waals surface area contributed by atoms with E-state index in [0.717, 1.165) is 33.6 Å². The van der Waals surface area contributed by atoms with E-state index < -0.39 is 0 Å². The summed E-state index contributed by atoms with van der Waals surface area (Å²) in [4.78, 5) is 14.9. The van der Waals surface area contributed by atoms with Crippen molar-refractivity contribution in [2.24, 2.45) is 5.92 Å². The Kier molecular flexibility index (Phi) is 4.10. The molecule has 19 heavy (non-hydrogen) atoms. The van der Waals surface area contributed by atoms with Crippen LogP contribution < -0.4 is 5.73 Å². The van der Waals surface area contributed by atoms with Crippen molar-refractivity contribution in [3.8, 4) is 0 Å². The summed E-state index contributed by atoms with van der Waals surface area (Å²) in [6.07, 6.45) is 1.08. The van der Waals surface area contributed by atoms with Crippen LogP contribution in [0, 0.1) is 5.92 Å². The number of fused-ring (bicyclic) bond motifs is 1. The van der Waals surface area contributed by atoms with Gasteiger partial charge in [0.05, 0.1) is 4.88 Å². The Morgan fingerprint density at radius 2 is 2.16 bits per heavy atom. The van der Waals surface area contributed by atoms with E-state index in [1.54, 1.807) is 0 Å². The average Bonchev–Trinajstić information content (AvgIpc) is 2.80. The molecule has 0 saturated carbocycles. The summed E-state index contributed by atoms with van der Waals surface area (Å²) in [5.41, 5.74) is 6.50. The van der Waals surface area contributed by atoms with Crippen LogP contribution in [-0.2, 0) is 0 Å². The summed E-state index contributed by atoms with van der Waals surface area (Å²) >= 11 is 1.53. The monoisotopic (exact) mass is 276 g/mol. The Morgan fingerprint density at radius 3 is 2.84 bits per heavy atom. The normalized spacial score (nSPS) is 12.6. The fraction of sp³-hybridized carbons (Fsp3) is 0.400. The predicted octanol–water partition coefficient (Wildman–Crippen LogP) is 3.60. The largest absolute Gasteiger partial charge is 0.399 e. The van der Waals surface area contributed by atoms with Crippen molar-refractivity contribution in [3.05, 3.63) is 29.1 Å². The number of benzene rings is 1. The van der Waals surface area contributed by atoms with Crippen molar-refractivity contribution in [2.45, 2.75) is 20.3 Å². The molecule has 1 aromatic heterocycles. The number of nitrogens with two attached hydrogens (primary N) is 1. The molecule has 2 aromatic rings. The van der Waals surface area contributed by atoms with Crippen LogP contribution in [0.2, 0.25) is 0 Å². The highest BCUT2D eigenvalue weighted by atomic mass is 32.1. The number of nitrogen functional groups attached to an aromatic ring is 1. The molecule has 1 heterocycles. The molecule has 0 spiro atoms. The Bertz CT molecular complexity index is 591. The minimum atomic E-state index is 0.0973. The number of nitrogens with zero attached hydrogens (tertiary/aromatic N) is 1. The number of thiophene rings is 1. The van der Waals surface area contributed by atoms with Crippen molar-refractivity contribution < 1.29 is 4.79 Å². The fourth-order valence-corrected chi connectivity index (χ4v) is 3.07. The van der Waals surface area contributed by atoms with Crippen molar-refractivity contribution >= 4 is 33.0 Å². The van der Waals surface area contributed by atoms with Gasteiger partial charge in [0, 0.05) is 24.0 Å². The predicted molar refractivity (Wildman–Crippen MR) is 82.7 cm³/mol. The van der Waals surface area contributed by atoms with E-state index in [1.165, 1.54) is 11.3 Å². The van der Waals surface area contributed by atoms with Crippen LogP contribution in [0.3, 0.4) is 0 Å². The standard InChI is InChI=1S/C15H20N2OS/c1-4-10(2)9-17(3)15(18)14-8-11-7-12(16)5-6-13(11)19-14/h5-8,10H,4,9,16H2,1-3H3. The van der Waals surface area contributed by atoms with E-state index in [2.05, 4.69) is 13.8 Å². The van der Waals surface area contributed by atoms with Crippen LogP contribution in [0.1, 0.15) is 29.9 Å². The fourth-order valence-electron chi connectivity index (χ4n) is 2.03. The molecule has 0 aliphatic rings. The van der Waals surface area contributed by atoms with Gasteiger partial charge >= 0.3 is 0 Å². The van der Waals surface area contributed by atoms with Gasteiger partial charge in [0.1, 0.15) is 0 Å². The SMILES string of the molecule is CCC(C)CN(C)C(=O)c1cc2cc(N)ccc2s1. The average molecular weight is 276 g/mol. The summed E-state index contributed by atoms with van der Waals surface area (Å²) in [7, 11) is 1.87. The lowest BCUT2D eigenvalue weighted by molar-refractivity contribution is 0.0780. The number of hydrogen-bond donors (Lipinski definition) is 1. The van der Waals surface area contributed by atoms with Crippen molar-refractivity contribution in [3.63, 3.8) is 0 Å². The van der Waals surface area contributed by atoms with Gasteiger partial charge in [0.25, 0.3) is 5.91 Å². The Hall–Kier alpha value is -1.55. The molecule has 102 valence electrons. The third-order valence-corrected chi connectivity index (χ3v) is 4.48. The highest BCUT2D eigenvalue weighted by Gasteiger charge is 2.16. The number of rotatable bonds is 4. The zero-order chi connectivity index (χ0) is 14.0. The molecule has 4 heteroatoms. The molecule has 1 amide bonds. The molecule has 0 saturated heterocycles. The molecule has 1 atom stereocenters. The van der Waals surface area contributed by atoms with Gasteiger partial charge in [-0.2, -0.15) is 0 Å². The number of carbonyl (C=O) groups is 1. The van der Waals surface area contributed by atoms with Crippen LogP contribution in [-0.4, -0.2) is 24.4 Å². The third kappa shape index (κ3) is 3.07. The summed E-state index contributed by atoms with van der Waals surface area (Å²) in [5.74, 6) is 0.624. The van der Waals surface area contributed by atoms with Crippen LogP contribution in [0.15, 0.2) is 24.3 Å². The first kappa shape index (κ1) is 13.9. The summed E-state index contributed by atoms with van der Waals surface area (Å²) in [6.45, 7) is 5.10. The van der Waals surface area contributed by atoms with E-state index in [9.17, 15) is 4.79 Å². The van der Waals surface area contributed by atoms with E-state index in [0.29, 0.717) is 5.92 Å². The molecule has 0 radical (unpaired) electrons. The number of amides is 1. The van der Waals surface area contributed by atoms with Crippen molar-refractivity contribution in [2.75, 3.05) is 19.3 Å². The van der Waals surface area contributed by atoms with Gasteiger partial charge in [-0.1, -0.05) is 20.3 Å². The number of hydrogen-bond acceptors (Lipinski definition) is 3. The van der Waals surface area contributed by atoms with E-state index >= 15 is 0 Å². The molecule has 1 unspecified atom stereocenters. The number of anilines is 1. The Labute approximate surface area is 118 Å². The lowest BCUT2D eigenvalue weighted by Gasteiger charge is -2.19. The minimum absolute atomic E-state index is 0.0973. The van der Waals surface area contributed by atoms with Crippen LogP contribution in [0.5, 0.6) is 0 Å². The summed E-state index contributed by atoms with van der Waals surface area (Å²) in [5, 5.41) is 1.05. The van der Waals surface area contributed by atoms with E-state index in [4.69, 9.17) is 5.73 Å². The van der Waals surface area contributed by atoms with Gasteiger partial charge in [-0.05, 0) is 35.6 Å². The summed E-state index contributed by atoms with van der Waals surface area (Å²) < 4.78 is 1.11. The van der Waals surface area contributed by atoms with Gasteiger partial charge in [-0.15, -0.1) is 11.3 Å². The van der Waals surface area contributed by atoms with Gasteiger partial charge in [-0.25, -0.2) is 0 Å². The van der Waals surface area contributed by atoms with Crippen molar-refractivity contribution in [1.29, 1.82) is 0 Å². The second-order valence-electron chi connectivity index (χ2n) is 5.11. The maximum Gasteiger partial charge on any atom is 0.263 e. The first-order valence-corrected chi connectivity index (χ1v) is 7.37. The lowest BCUT2D eigenvalue weighted by atomic mass is 10.1. The second-order valence-corrected chi connectivity index (χ2v) is 6.19. The smallest absolute Gasteiger partial charge is 0.263 e. The molecular formula is C15H20N2OS. The van der Waals surface area contributed by atoms with E-state index in [1.807, 2.05) is 36.2 Å². The maximum absolute atomic E-state index is 12.4. The Balaban J connectivity index is 2.21. The molecular weight excluding hydrogens is 256 g/mol. The van der Waals surface area contributed by atoms with Gasteiger partial charge in [-0.3, -0.25) is 4.79 Å². The van der Waals surface area contributed by atoms with Gasteiger partial charge in [0.2, 0.25) is 0 Å². The Morgan fingerprint density at radius 1 is 1.42 bits per heavy atom. The molecule has 2 N–H and O–H groups in total. The highest BCUT2D eigenvalue weighted by molar-refractivity contribution is 7.20. The van der Waals surface area contributed by atoms with Crippen LogP contribution in [0.25, 0.3) is 10.1 Å². The number of carbonyl (C=O) groups excluding carboxylic acids is 1. The topological polar surface area (TPSA) is 46.3 Å². The molecule has 1 aromatic carbocycles. The van der Waals surface area contributed by atoms with Crippen LogP contribution in [0.4, 0.5) is 5.69 Å². The molecule has 0 bridgehead atoms. The minimum Gasteiger partial charge on any atom is -0.399 e. The molecule has 2 rings (SSSR count). The summed E-state index contributed by atoms with van der Waals surface area (Å²) in [6, 6.07) is 7.69. The highest BCUT2D eigenvalue weighted by Crippen LogP contribution is 2.28. The maximum atomic E-state index is 12.4.